The Morgan fingerprint density at radius 3 is 2.66 bits per heavy atom. The first kappa shape index (κ1) is 20.1. The van der Waals surface area contributed by atoms with E-state index in [4.69, 9.17) is 23.2 Å². The van der Waals surface area contributed by atoms with Crippen LogP contribution in [0.5, 0.6) is 0 Å². The molecule has 0 atom stereocenters. The van der Waals surface area contributed by atoms with Crippen LogP contribution in [0.25, 0.3) is 5.78 Å². The molecule has 4 nitrogen and oxygen atoms in total. The molecule has 2 aromatic heterocycles. The molecular formula is C21H17Cl2FN4S. The number of hydrogen-bond acceptors (Lipinski definition) is 4. The number of aryl methyl sites for hydroxylation is 2. The topological polar surface area (TPSA) is 43.1 Å². The van der Waals surface area contributed by atoms with Gasteiger partial charge in [0.2, 0.25) is 5.16 Å². The molecule has 29 heavy (non-hydrogen) atoms. The monoisotopic (exact) mass is 446 g/mol. The van der Waals surface area contributed by atoms with Crippen LogP contribution in [-0.4, -0.2) is 19.6 Å². The fourth-order valence-electron chi connectivity index (χ4n) is 3.14. The lowest BCUT2D eigenvalue weighted by Crippen LogP contribution is -2.06. The summed E-state index contributed by atoms with van der Waals surface area (Å²) in [7, 11) is 0. The SMILES string of the molecule is Cc1nc2nc(SCc3ccc(F)cc3Cl)nn2c(C)c1Cc1cccc(Cl)c1. The summed E-state index contributed by atoms with van der Waals surface area (Å²) >= 11 is 13.7. The summed E-state index contributed by atoms with van der Waals surface area (Å²) in [5, 5.41) is 6.31. The molecule has 4 rings (SSSR count). The summed E-state index contributed by atoms with van der Waals surface area (Å²) in [6, 6.07) is 12.2. The van der Waals surface area contributed by atoms with Crippen LogP contribution in [0, 0.1) is 19.7 Å². The number of aromatic nitrogens is 4. The van der Waals surface area contributed by atoms with Gasteiger partial charge in [0.1, 0.15) is 5.82 Å². The van der Waals surface area contributed by atoms with Crippen LogP contribution in [0.1, 0.15) is 28.1 Å². The van der Waals surface area contributed by atoms with Gasteiger partial charge in [0.25, 0.3) is 5.78 Å². The van der Waals surface area contributed by atoms with Gasteiger partial charge in [-0.1, -0.05) is 53.2 Å². The van der Waals surface area contributed by atoms with Crippen molar-refractivity contribution >= 4 is 40.7 Å². The third kappa shape index (κ3) is 4.39. The van der Waals surface area contributed by atoms with Crippen molar-refractivity contribution in [2.45, 2.75) is 31.2 Å². The molecule has 2 heterocycles. The number of hydrogen-bond donors (Lipinski definition) is 0. The zero-order valence-corrected chi connectivity index (χ0v) is 18.1. The van der Waals surface area contributed by atoms with Crippen molar-refractivity contribution in [3.05, 3.63) is 86.4 Å². The Hall–Kier alpha value is -2.15. The van der Waals surface area contributed by atoms with E-state index in [-0.39, 0.29) is 5.82 Å². The second kappa shape index (κ2) is 8.30. The number of benzene rings is 2. The van der Waals surface area contributed by atoms with E-state index in [1.807, 2.05) is 38.1 Å². The highest BCUT2D eigenvalue weighted by atomic mass is 35.5. The Morgan fingerprint density at radius 1 is 1.07 bits per heavy atom. The largest absolute Gasteiger partial charge is 0.253 e. The van der Waals surface area contributed by atoms with Gasteiger partial charge >= 0.3 is 0 Å². The van der Waals surface area contributed by atoms with E-state index in [0.29, 0.717) is 33.2 Å². The molecule has 0 aliphatic rings. The maximum Gasteiger partial charge on any atom is 0.253 e. The minimum atomic E-state index is -0.350. The number of rotatable bonds is 5. The zero-order chi connectivity index (χ0) is 20.5. The van der Waals surface area contributed by atoms with Gasteiger partial charge in [0, 0.05) is 33.6 Å². The molecule has 0 radical (unpaired) electrons. The minimum Gasteiger partial charge on any atom is -0.216 e. The van der Waals surface area contributed by atoms with Gasteiger partial charge in [-0.15, -0.1) is 5.10 Å². The van der Waals surface area contributed by atoms with Crippen molar-refractivity contribution in [2.24, 2.45) is 0 Å². The van der Waals surface area contributed by atoms with Crippen LogP contribution in [0.3, 0.4) is 0 Å². The lowest BCUT2D eigenvalue weighted by Gasteiger charge is -2.10. The predicted molar refractivity (Wildman–Crippen MR) is 115 cm³/mol. The summed E-state index contributed by atoms with van der Waals surface area (Å²) in [5.74, 6) is 0.753. The fraction of sp³-hybridized carbons (Fsp3) is 0.190. The zero-order valence-electron chi connectivity index (χ0n) is 15.8. The summed E-state index contributed by atoms with van der Waals surface area (Å²) in [6.07, 6.45) is 0.717. The first-order chi connectivity index (χ1) is 13.9. The summed E-state index contributed by atoms with van der Waals surface area (Å²) < 4.78 is 15.0. The maximum atomic E-state index is 13.2. The molecule has 148 valence electrons. The van der Waals surface area contributed by atoms with Crippen LogP contribution in [0.4, 0.5) is 4.39 Å². The van der Waals surface area contributed by atoms with E-state index in [2.05, 4.69) is 15.1 Å². The molecule has 0 saturated heterocycles. The number of fused-ring (bicyclic) bond motifs is 1. The predicted octanol–water partition coefficient (Wildman–Crippen LogP) is 6.07. The van der Waals surface area contributed by atoms with Gasteiger partial charge in [-0.25, -0.2) is 13.9 Å². The van der Waals surface area contributed by atoms with E-state index >= 15 is 0 Å². The molecule has 0 amide bonds. The Morgan fingerprint density at radius 2 is 1.90 bits per heavy atom. The van der Waals surface area contributed by atoms with Crippen molar-refractivity contribution in [1.29, 1.82) is 0 Å². The van der Waals surface area contributed by atoms with Crippen LogP contribution in [0.15, 0.2) is 47.6 Å². The molecule has 0 N–H and O–H groups in total. The van der Waals surface area contributed by atoms with Crippen LogP contribution in [0.2, 0.25) is 10.0 Å². The highest BCUT2D eigenvalue weighted by Crippen LogP contribution is 2.27. The van der Waals surface area contributed by atoms with Crippen molar-refractivity contribution < 1.29 is 4.39 Å². The normalized spacial score (nSPS) is 11.3. The van der Waals surface area contributed by atoms with Gasteiger partial charge in [0.15, 0.2) is 0 Å². The Balaban J connectivity index is 1.61. The van der Waals surface area contributed by atoms with E-state index in [1.165, 1.54) is 23.9 Å². The van der Waals surface area contributed by atoms with Gasteiger partial charge in [-0.2, -0.15) is 4.98 Å². The molecule has 0 spiro atoms. The standard InChI is InChI=1S/C21H17Cl2FN4S/c1-12-18(9-14-4-3-5-16(22)8-14)13(2)28-20(25-12)26-21(27-28)29-11-15-6-7-17(24)10-19(15)23/h3-8,10H,9,11H2,1-2H3. The molecule has 0 bridgehead atoms. The molecule has 0 aliphatic carbocycles. The number of nitrogens with zero attached hydrogens (tertiary/aromatic N) is 4. The average molecular weight is 447 g/mol. The Kier molecular flexibility index (Phi) is 5.76. The second-order valence-corrected chi connectivity index (χ2v) is 8.48. The smallest absolute Gasteiger partial charge is 0.216 e. The summed E-state index contributed by atoms with van der Waals surface area (Å²) in [5.41, 5.74) is 4.96. The summed E-state index contributed by atoms with van der Waals surface area (Å²) in [6.45, 7) is 3.99. The van der Waals surface area contributed by atoms with Crippen LogP contribution < -0.4 is 0 Å². The van der Waals surface area contributed by atoms with Gasteiger partial charge < -0.3 is 0 Å². The van der Waals surface area contributed by atoms with Crippen molar-refractivity contribution in [3.8, 4) is 0 Å². The fourth-order valence-corrected chi connectivity index (χ4v) is 4.49. The lowest BCUT2D eigenvalue weighted by molar-refractivity contribution is 0.627. The molecule has 4 aromatic rings. The van der Waals surface area contributed by atoms with Gasteiger partial charge in [0.05, 0.1) is 0 Å². The molecule has 8 heteroatoms. The van der Waals surface area contributed by atoms with Gasteiger partial charge in [-0.05, 0) is 54.8 Å². The third-order valence-electron chi connectivity index (χ3n) is 4.67. The first-order valence-electron chi connectivity index (χ1n) is 8.95. The minimum absolute atomic E-state index is 0.350. The van der Waals surface area contributed by atoms with Crippen molar-refractivity contribution in [3.63, 3.8) is 0 Å². The third-order valence-corrected chi connectivity index (χ3v) is 6.14. The van der Waals surface area contributed by atoms with Crippen molar-refractivity contribution in [1.82, 2.24) is 19.6 Å². The number of thioether (sulfide) groups is 1. The summed E-state index contributed by atoms with van der Waals surface area (Å²) in [4.78, 5) is 9.15. The molecule has 0 saturated carbocycles. The van der Waals surface area contributed by atoms with Crippen LogP contribution in [-0.2, 0) is 12.2 Å². The second-order valence-electron chi connectivity index (χ2n) is 6.70. The molecule has 0 aliphatic heterocycles. The van der Waals surface area contributed by atoms with Gasteiger partial charge in [-0.3, -0.25) is 0 Å². The Labute approximate surface area is 182 Å². The molecule has 0 unspecified atom stereocenters. The quantitative estimate of drug-likeness (QED) is 0.349. The number of halogens is 3. The highest BCUT2D eigenvalue weighted by molar-refractivity contribution is 7.98. The lowest BCUT2D eigenvalue weighted by atomic mass is 10.0. The molecular weight excluding hydrogens is 430 g/mol. The van der Waals surface area contributed by atoms with E-state index < -0.39 is 0 Å². The Bertz CT molecular complexity index is 1210. The maximum absolute atomic E-state index is 13.2. The molecule has 0 fully saturated rings. The average Bonchev–Trinajstić information content (AvgIpc) is 3.07. The molecule has 2 aromatic carbocycles. The van der Waals surface area contributed by atoms with Crippen molar-refractivity contribution in [2.75, 3.05) is 0 Å². The van der Waals surface area contributed by atoms with E-state index in [9.17, 15) is 4.39 Å². The van der Waals surface area contributed by atoms with E-state index in [0.717, 1.165) is 28.1 Å². The highest BCUT2D eigenvalue weighted by Gasteiger charge is 2.15. The van der Waals surface area contributed by atoms with E-state index in [1.54, 1.807) is 10.6 Å². The van der Waals surface area contributed by atoms with Crippen LogP contribution >= 0.6 is 35.0 Å². The first-order valence-corrected chi connectivity index (χ1v) is 10.7.